The van der Waals surface area contributed by atoms with Crippen LogP contribution in [0.25, 0.3) is 22.3 Å². The third-order valence-electron chi connectivity index (χ3n) is 7.50. The van der Waals surface area contributed by atoms with Gasteiger partial charge in [-0.25, -0.2) is 13.2 Å². The van der Waals surface area contributed by atoms with Crippen LogP contribution in [0.1, 0.15) is 68.9 Å². The van der Waals surface area contributed by atoms with E-state index in [1.807, 2.05) is 12.1 Å². The number of aryl methyl sites for hydroxylation is 1. The van der Waals surface area contributed by atoms with Crippen LogP contribution >= 0.6 is 0 Å². The third-order valence-corrected chi connectivity index (χ3v) is 7.50. The molecule has 0 radical (unpaired) electrons. The summed E-state index contributed by atoms with van der Waals surface area (Å²) < 4.78 is 50.4. The minimum atomic E-state index is -0.599. The molecule has 1 aliphatic rings. The van der Waals surface area contributed by atoms with Gasteiger partial charge in [0.15, 0.2) is 0 Å². The second-order valence-corrected chi connectivity index (χ2v) is 10.3. The van der Waals surface area contributed by atoms with Crippen LogP contribution in [0.2, 0.25) is 0 Å². The van der Waals surface area contributed by atoms with Crippen LogP contribution in [0, 0.1) is 17.5 Å². The lowest BCUT2D eigenvalue weighted by Gasteiger charge is -2.28. The van der Waals surface area contributed by atoms with E-state index in [4.69, 9.17) is 9.84 Å². The van der Waals surface area contributed by atoms with Crippen molar-refractivity contribution in [2.45, 2.75) is 70.3 Å². The molecule has 1 aliphatic carbocycles. The van der Waals surface area contributed by atoms with Gasteiger partial charge in [0.25, 0.3) is 0 Å². The molecule has 0 aliphatic heterocycles. The van der Waals surface area contributed by atoms with Gasteiger partial charge in [0.1, 0.15) is 23.7 Å². The molecular formula is C34H39F3O3. The number of aldehydes is 1. The Balaban J connectivity index is 0.000000663. The average molecular weight is 553 g/mol. The van der Waals surface area contributed by atoms with Crippen molar-refractivity contribution in [3.05, 3.63) is 95.3 Å². The largest absolute Gasteiger partial charge is 0.392 e. The van der Waals surface area contributed by atoms with Gasteiger partial charge < -0.3 is 9.84 Å². The molecule has 3 aromatic rings. The first-order valence-electron chi connectivity index (χ1n) is 14.0. The van der Waals surface area contributed by atoms with Crippen molar-refractivity contribution < 1.29 is 27.8 Å². The molecule has 0 heterocycles. The number of aliphatic hydroxyl groups excluding tert-OH is 1. The number of carbonyl (C=O) groups excluding carboxylic acids is 1. The highest BCUT2D eigenvalue weighted by Gasteiger charge is 2.27. The molecule has 3 aromatic carbocycles. The van der Waals surface area contributed by atoms with Gasteiger partial charge in [0.05, 0.1) is 12.7 Å². The van der Waals surface area contributed by atoms with E-state index in [0.717, 1.165) is 30.4 Å². The van der Waals surface area contributed by atoms with Gasteiger partial charge in [0.2, 0.25) is 0 Å². The van der Waals surface area contributed by atoms with Crippen LogP contribution in [0.4, 0.5) is 13.2 Å². The normalized spacial score (nSPS) is 16.6. The van der Waals surface area contributed by atoms with E-state index in [0.29, 0.717) is 19.1 Å². The fourth-order valence-corrected chi connectivity index (χ4v) is 5.13. The summed E-state index contributed by atoms with van der Waals surface area (Å²) in [7, 11) is 1.67. The smallest absolute Gasteiger partial charge is 0.147 e. The fourth-order valence-electron chi connectivity index (χ4n) is 5.13. The van der Waals surface area contributed by atoms with E-state index in [1.54, 1.807) is 19.2 Å². The first kappa shape index (κ1) is 31.3. The Morgan fingerprint density at radius 3 is 2.00 bits per heavy atom. The summed E-state index contributed by atoms with van der Waals surface area (Å²) in [6.07, 6.45) is 8.25. The summed E-state index contributed by atoms with van der Waals surface area (Å²) in [5.41, 5.74) is 3.70. The van der Waals surface area contributed by atoms with Crippen LogP contribution in [0.15, 0.2) is 66.7 Å². The Morgan fingerprint density at radius 1 is 0.900 bits per heavy atom. The zero-order chi connectivity index (χ0) is 29.1. The molecule has 1 saturated carbocycles. The van der Waals surface area contributed by atoms with Gasteiger partial charge in [0, 0.05) is 23.8 Å². The van der Waals surface area contributed by atoms with E-state index in [2.05, 4.69) is 25.6 Å². The second-order valence-electron chi connectivity index (χ2n) is 10.3. The number of hydrogen-bond acceptors (Lipinski definition) is 3. The van der Waals surface area contributed by atoms with Crippen LogP contribution in [0.5, 0.6) is 0 Å². The number of methoxy groups -OCH3 is 1. The summed E-state index contributed by atoms with van der Waals surface area (Å²) >= 11 is 0. The van der Waals surface area contributed by atoms with Crippen molar-refractivity contribution in [3.63, 3.8) is 0 Å². The molecule has 0 unspecified atom stereocenters. The maximum Gasteiger partial charge on any atom is 0.147 e. The van der Waals surface area contributed by atoms with Crippen molar-refractivity contribution in [2.75, 3.05) is 13.7 Å². The molecule has 0 atom stereocenters. The third kappa shape index (κ3) is 8.39. The molecule has 0 aromatic heterocycles. The van der Waals surface area contributed by atoms with E-state index in [9.17, 15) is 13.6 Å². The quantitative estimate of drug-likeness (QED) is 0.156. The summed E-state index contributed by atoms with van der Waals surface area (Å²) in [5.74, 6) is -1.86. The van der Waals surface area contributed by atoms with Gasteiger partial charge in [-0.3, -0.25) is 4.79 Å². The van der Waals surface area contributed by atoms with Gasteiger partial charge in [-0.2, -0.15) is 0 Å². The predicted molar refractivity (Wildman–Crippen MR) is 155 cm³/mol. The number of unbranched alkanes of at least 4 members (excludes halogenated alkanes) is 2. The van der Waals surface area contributed by atoms with E-state index in [1.165, 1.54) is 43.0 Å². The summed E-state index contributed by atoms with van der Waals surface area (Å²) in [4.78, 5) is 9.48. The molecule has 3 nitrogen and oxygen atoms in total. The molecule has 0 saturated heterocycles. The molecule has 40 heavy (non-hydrogen) atoms. The summed E-state index contributed by atoms with van der Waals surface area (Å²) in [6, 6.07) is 15.6. The Bertz CT molecular complexity index is 1240. The van der Waals surface area contributed by atoms with Gasteiger partial charge >= 0.3 is 0 Å². The number of ether oxygens (including phenoxy) is 1. The molecule has 1 fully saturated rings. The maximum absolute atomic E-state index is 15.0. The summed E-state index contributed by atoms with van der Waals surface area (Å²) in [5, 5.41) is 8.00. The topological polar surface area (TPSA) is 46.5 Å². The van der Waals surface area contributed by atoms with Gasteiger partial charge in [-0.15, -0.1) is 0 Å². The molecule has 0 spiro atoms. The molecule has 214 valence electrons. The van der Waals surface area contributed by atoms with Crippen molar-refractivity contribution in [1.29, 1.82) is 0 Å². The van der Waals surface area contributed by atoms with Crippen LogP contribution in [-0.2, 0) is 16.0 Å². The maximum atomic E-state index is 15.0. The highest BCUT2D eigenvalue weighted by Crippen LogP contribution is 2.38. The number of hydrogen-bond donors (Lipinski definition) is 1. The predicted octanol–water partition coefficient (Wildman–Crippen LogP) is 8.58. The Kier molecular flexibility index (Phi) is 12.2. The monoisotopic (exact) mass is 552 g/mol. The van der Waals surface area contributed by atoms with Crippen molar-refractivity contribution in [2.24, 2.45) is 0 Å². The molecule has 6 heteroatoms. The standard InChI is InChI=1S/C30H33F3O.C4H6O2/c1-3-4-5-6-20-7-9-21(10-8-20)23-13-16-26(27(31)17-23)24-18-28(32)30(29(33)19-24)22-11-14-25(34-2)15-12-22;1-4(2-5)3-6/h7-10,13,16-19,22,25H,3-6,11-12,14-15H2,1-2H3;2,6H,1,3H2. The Hall–Kier alpha value is -3.22. The first-order chi connectivity index (χ1) is 19.3. The molecule has 0 amide bonds. The first-order valence-corrected chi connectivity index (χ1v) is 14.0. The number of carbonyl (C=O) groups is 1. The fraction of sp³-hybridized carbons (Fsp3) is 0.382. The SMILES string of the molecule is C=C(C=O)CO.CCCCCc1ccc(-c2ccc(-c3cc(F)c(C4CCC(OC)CC4)c(F)c3)c(F)c2)cc1. The molecular weight excluding hydrogens is 513 g/mol. The lowest BCUT2D eigenvalue weighted by molar-refractivity contribution is -0.105. The minimum absolute atomic E-state index is 0.120. The van der Waals surface area contributed by atoms with E-state index >= 15 is 4.39 Å². The molecule has 4 rings (SSSR count). The highest BCUT2D eigenvalue weighted by molar-refractivity contribution is 5.72. The number of benzene rings is 3. The van der Waals surface area contributed by atoms with Crippen LogP contribution in [0.3, 0.4) is 0 Å². The van der Waals surface area contributed by atoms with Crippen LogP contribution < -0.4 is 0 Å². The average Bonchev–Trinajstić information content (AvgIpc) is 2.97. The minimum Gasteiger partial charge on any atom is -0.392 e. The second kappa shape index (κ2) is 15.5. The number of aliphatic hydroxyl groups is 1. The molecule has 1 N–H and O–H groups in total. The van der Waals surface area contributed by atoms with E-state index < -0.39 is 17.5 Å². The Labute approximate surface area is 235 Å². The Morgan fingerprint density at radius 2 is 1.50 bits per heavy atom. The van der Waals surface area contributed by atoms with Gasteiger partial charge in [-0.1, -0.05) is 62.7 Å². The zero-order valence-electron chi connectivity index (χ0n) is 23.4. The van der Waals surface area contributed by atoms with Crippen molar-refractivity contribution >= 4 is 6.29 Å². The van der Waals surface area contributed by atoms with Crippen LogP contribution in [-0.4, -0.2) is 31.2 Å². The van der Waals surface area contributed by atoms with Crippen molar-refractivity contribution in [1.82, 2.24) is 0 Å². The zero-order valence-corrected chi connectivity index (χ0v) is 23.4. The van der Waals surface area contributed by atoms with Crippen molar-refractivity contribution in [3.8, 4) is 22.3 Å². The molecule has 0 bridgehead atoms. The lowest BCUT2D eigenvalue weighted by Crippen LogP contribution is -2.20. The lowest BCUT2D eigenvalue weighted by atomic mass is 9.81. The van der Waals surface area contributed by atoms with Gasteiger partial charge in [-0.05, 0) is 84.9 Å². The number of rotatable bonds is 10. The number of halogens is 3. The highest BCUT2D eigenvalue weighted by atomic mass is 19.1. The van der Waals surface area contributed by atoms with E-state index in [-0.39, 0.29) is 40.9 Å². The summed E-state index contributed by atoms with van der Waals surface area (Å²) in [6.45, 7) is 5.13.